The Labute approximate surface area is 85.1 Å². The average Bonchev–Trinajstić information content (AvgIpc) is 2.04. The summed E-state index contributed by atoms with van der Waals surface area (Å²) >= 11 is 4.75. The highest BCUT2D eigenvalue weighted by molar-refractivity contribution is 7.80. The Hall–Kier alpha value is -0.640. The van der Waals surface area contributed by atoms with Crippen molar-refractivity contribution in [3.63, 3.8) is 0 Å². The minimum Gasteiger partial charge on any atom is -0.392 e. The predicted octanol–water partition coefficient (Wildman–Crippen LogP) is 1.21. The lowest BCUT2D eigenvalue weighted by atomic mass is 10.1. The Morgan fingerprint density at radius 2 is 2.08 bits per heavy atom. The van der Waals surface area contributed by atoms with Crippen molar-refractivity contribution in [2.45, 2.75) is 39.7 Å². The van der Waals surface area contributed by atoms with Crippen molar-refractivity contribution in [2.24, 2.45) is 11.7 Å². The molecule has 2 unspecified atom stereocenters. The van der Waals surface area contributed by atoms with E-state index < -0.39 is 0 Å². The Kier molecular flexibility index (Phi) is 5.62. The fraction of sp³-hybridized carbons (Fsp3) is 0.778. The van der Waals surface area contributed by atoms with Gasteiger partial charge < -0.3 is 11.1 Å². The van der Waals surface area contributed by atoms with Crippen molar-refractivity contribution in [3.8, 4) is 0 Å². The second kappa shape index (κ2) is 5.91. The van der Waals surface area contributed by atoms with Crippen LogP contribution in [0.15, 0.2) is 0 Å². The molecule has 0 fully saturated rings. The Morgan fingerprint density at radius 3 is 2.46 bits per heavy atom. The third-order valence-corrected chi connectivity index (χ3v) is 2.31. The van der Waals surface area contributed by atoms with Gasteiger partial charge in [0.2, 0.25) is 5.91 Å². The molecule has 0 bridgehead atoms. The number of nitrogens with two attached hydrogens (primary N) is 1. The fourth-order valence-corrected chi connectivity index (χ4v) is 1.05. The van der Waals surface area contributed by atoms with Crippen LogP contribution in [0.25, 0.3) is 0 Å². The van der Waals surface area contributed by atoms with Crippen molar-refractivity contribution >= 4 is 23.1 Å². The van der Waals surface area contributed by atoms with Gasteiger partial charge in [-0.2, -0.15) is 0 Å². The van der Waals surface area contributed by atoms with Gasteiger partial charge in [0.25, 0.3) is 0 Å². The molecule has 1 amide bonds. The van der Waals surface area contributed by atoms with Gasteiger partial charge in [0, 0.05) is 5.92 Å². The molecule has 0 saturated heterocycles. The highest BCUT2D eigenvalue weighted by atomic mass is 32.1. The topological polar surface area (TPSA) is 55.1 Å². The standard InChI is InChI=1S/C9H18N2OS/c1-4-5-6(2)9(12)11-7(3)8(10)13/h6-7H,4-5H2,1-3H3,(H2,10,13)(H,11,12). The van der Waals surface area contributed by atoms with Crippen LogP contribution in [0.3, 0.4) is 0 Å². The van der Waals surface area contributed by atoms with Gasteiger partial charge in [-0.15, -0.1) is 0 Å². The maximum absolute atomic E-state index is 11.4. The number of rotatable bonds is 5. The molecule has 0 heterocycles. The first-order chi connectivity index (χ1) is 5.99. The van der Waals surface area contributed by atoms with Crippen molar-refractivity contribution in [1.29, 1.82) is 0 Å². The van der Waals surface area contributed by atoms with Crippen LogP contribution in [0, 0.1) is 5.92 Å². The van der Waals surface area contributed by atoms with Gasteiger partial charge in [-0.25, -0.2) is 0 Å². The second-order valence-corrected chi connectivity index (χ2v) is 3.79. The van der Waals surface area contributed by atoms with E-state index in [1.54, 1.807) is 6.92 Å². The molecule has 0 aromatic carbocycles. The molecule has 0 aliphatic rings. The van der Waals surface area contributed by atoms with Crippen molar-refractivity contribution < 1.29 is 4.79 Å². The zero-order chi connectivity index (χ0) is 10.4. The summed E-state index contributed by atoms with van der Waals surface area (Å²) in [6.07, 6.45) is 1.91. The molecule has 0 aromatic rings. The normalized spacial score (nSPS) is 14.7. The molecule has 0 aliphatic carbocycles. The van der Waals surface area contributed by atoms with Crippen LogP contribution in [0.1, 0.15) is 33.6 Å². The number of amides is 1. The summed E-state index contributed by atoms with van der Waals surface area (Å²) in [6.45, 7) is 5.75. The summed E-state index contributed by atoms with van der Waals surface area (Å²) in [5, 5.41) is 2.76. The van der Waals surface area contributed by atoms with Crippen LogP contribution in [-0.4, -0.2) is 16.9 Å². The Morgan fingerprint density at radius 1 is 1.54 bits per heavy atom. The summed E-state index contributed by atoms with van der Waals surface area (Å²) in [4.78, 5) is 11.8. The van der Waals surface area contributed by atoms with Gasteiger partial charge in [-0.3, -0.25) is 4.79 Å². The van der Waals surface area contributed by atoms with Crippen LogP contribution in [0.2, 0.25) is 0 Å². The molecular weight excluding hydrogens is 184 g/mol. The number of nitrogens with one attached hydrogen (secondary N) is 1. The molecule has 0 spiro atoms. The molecule has 13 heavy (non-hydrogen) atoms. The molecule has 3 nitrogen and oxygen atoms in total. The van der Waals surface area contributed by atoms with E-state index in [0.717, 1.165) is 12.8 Å². The summed E-state index contributed by atoms with van der Waals surface area (Å²) in [5.74, 6) is 0.0731. The lowest BCUT2D eigenvalue weighted by molar-refractivity contribution is -0.124. The van der Waals surface area contributed by atoms with E-state index in [0.29, 0.717) is 4.99 Å². The lowest BCUT2D eigenvalue weighted by Gasteiger charge is -2.15. The van der Waals surface area contributed by atoms with E-state index in [1.807, 2.05) is 6.92 Å². The smallest absolute Gasteiger partial charge is 0.223 e. The average molecular weight is 202 g/mol. The molecule has 0 saturated carbocycles. The summed E-state index contributed by atoms with van der Waals surface area (Å²) in [6, 6.07) is -0.207. The quantitative estimate of drug-likeness (QED) is 0.659. The van der Waals surface area contributed by atoms with Crippen LogP contribution in [-0.2, 0) is 4.79 Å². The summed E-state index contributed by atoms with van der Waals surface area (Å²) in [5.41, 5.74) is 5.38. The van der Waals surface area contributed by atoms with E-state index in [1.165, 1.54) is 0 Å². The van der Waals surface area contributed by atoms with Crippen molar-refractivity contribution in [2.75, 3.05) is 0 Å². The molecule has 0 radical (unpaired) electrons. The highest BCUT2D eigenvalue weighted by Gasteiger charge is 2.14. The lowest BCUT2D eigenvalue weighted by Crippen LogP contribution is -2.43. The van der Waals surface area contributed by atoms with E-state index in [-0.39, 0.29) is 17.9 Å². The number of hydrogen-bond acceptors (Lipinski definition) is 2. The largest absolute Gasteiger partial charge is 0.392 e. The van der Waals surface area contributed by atoms with Gasteiger partial charge in [0.1, 0.15) is 0 Å². The molecule has 0 aliphatic heterocycles. The predicted molar refractivity (Wildman–Crippen MR) is 58.5 cm³/mol. The van der Waals surface area contributed by atoms with Gasteiger partial charge in [0.05, 0.1) is 11.0 Å². The zero-order valence-corrected chi connectivity index (χ0v) is 9.28. The molecule has 76 valence electrons. The zero-order valence-electron chi connectivity index (χ0n) is 8.46. The first kappa shape index (κ1) is 12.4. The maximum Gasteiger partial charge on any atom is 0.223 e. The number of hydrogen-bond donors (Lipinski definition) is 2. The van der Waals surface area contributed by atoms with Crippen molar-refractivity contribution in [3.05, 3.63) is 0 Å². The van der Waals surface area contributed by atoms with Crippen LogP contribution < -0.4 is 11.1 Å². The number of carbonyl (C=O) groups excluding carboxylic acids is 1. The third kappa shape index (κ3) is 4.83. The van der Waals surface area contributed by atoms with Crippen molar-refractivity contribution in [1.82, 2.24) is 5.32 Å². The number of thiocarbonyl (C=S) groups is 1. The van der Waals surface area contributed by atoms with Gasteiger partial charge >= 0.3 is 0 Å². The first-order valence-corrected chi connectivity index (χ1v) is 4.99. The van der Waals surface area contributed by atoms with Gasteiger partial charge in [0.15, 0.2) is 0 Å². The van der Waals surface area contributed by atoms with E-state index in [9.17, 15) is 4.79 Å². The van der Waals surface area contributed by atoms with E-state index >= 15 is 0 Å². The third-order valence-electron chi connectivity index (χ3n) is 1.95. The Balaban J connectivity index is 3.92. The fourth-order valence-electron chi connectivity index (χ4n) is 0.991. The summed E-state index contributed by atoms with van der Waals surface area (Å²) < 4.78 is 0. The Bertz CT molecular complexity index is 194. The molecule has 0 rings (SSSR count). The molecular formula is C9H18N2OS. The van der Waals surface area contributed by atoms with Gasteiger partial charge in [-0.1, -0.05) is 32.5 Å². The van der Waals surface area contributed by atoms with Crippen LogP contribution >= 0.6 is 12.2 Å². The minimum atomic E-state index is -0.207. The van der Waals surface area contributed by atoms with Gasteiger partial charge in [-0.05, 0) is 13.3 Å². The van der Waals surface area contributed by atoms with Crippen LogP contribution in [0.5, 0.6) is 0 Å². The molecule has 4 heteroatoms. The van der Waals surface area contributed by atoms with E-state index in [2.05, 4.69) is 12.2 Å². The van der Waals surface area contributed by atoms with E-state index in [4.69, 9.17) is 18.0 Å². The first-order valence-electron chi connectivity index (χ1n) is 4.58. The van der Waals surface area contributed by atoms with Crippen LogP contribution in [0.4, 0.5) is 0 Å². The number of carbonyl (C=O) groups is 1. The molecule has 2 atom stereocenters. The highest BCUT2D eigenvalue weighted by Crippen LogP contribution is 2.04. The summed E-state index contributed by atoms with van der Waals surface area (Å²) in [7, 11) is 0. The monoisotopic (exact) mass is 202 g/mol. The minimum absolute atomic E-state index is 0.0298. The molecule has 3 N–H and O–H groups in total. The second-order valence-electron chi connectivity index (χ2n) is 3.32. The molecule has 0 aromatic heterocycles. The maximum atomic E-state index is 11.4. The SMILES string of the molecule is CCCC(C)C(=O)NC(C)C(N)=S.